The molecule has 36 heavy (non-hydrogen) atoms. The molecule has 182 valence electrons. The van der Waals surface area contributed by atoms with Gasteiger partial charge in [-0.3, -0.25) is 14.2 Å². The third-order valence-corrected chi connectivity index (χ3v) is 5.93. The van der Waals surface area contributed by atoms with E-state index in [4.69, 9.17) is 0 Å². The Labute approximate surface area is 202 Å². The normalized spacial score (nSPS) is 11.8. The van der Waals surface area contributed by atoms with Crippen LogP contribution in [0.1, 0.15) is 21.5 Å². The molecule has 1 amide bonds. The zero-order valence-corrected chi connectivity index (χ0v) is 18.9. The SMILES string of the molecule is O=C(NCCn1ncc2c(=O)n(Cc3cccc4ccccc34)cnc21)c1ccc(C(F)(F)F)cc1. The van der Waals surface area contributed by atoms with E-state index >= 15 is 0 Å². The third kappa shape index (κ3) is 4.57. The minimum Gasteiger partial charge on any atom is -0.350 e. The van der Waals surface area contributed by atoms with Crippen LogP contribution >= 0.6 is 0 Å². The zero-order chi connectivity index (χ0) is 25.3. The number of hydrogen-bond acceptors (Lipinski definition) is 4. The van der Waals surface area contributed by atoms with Gasteiger partial charge in [0.25, 0.3) is 11.5 Å². The first-order valence-electron chi connectivity index (χ1n) is 11.1. The first-order chi connectivity index (χ1) is 17.3. The smallest absolute Gasteiger partial charge is 0.350 e. The number of benzene rings is 3. The number of aromatic nitrogens is 4. The van der Waals surface area contributed by atoms with Crippen LogP contribution in [0.15, 0.2) is 84.0 Å². The van der Waals surface area contributed by atoms with E-state index in [1.165, 1.54) is 21.8 Å². The summed E-state index contributed by atoms with van der Waals surface area (Å²) in [5.74, 6) is -0.509. The van der Waals surface area contributed by atoms with Crippen molar-refractivity contribution in [2.45, 2.75) is 19.3 Å². The summed E-state index contributed by atoms with van der Waals surface area (Å²) in [6.45, 7) is 0.741. The van der Waals surface area contributed by atoms with Crippen molar-refractivity contribution in [3.8, 4) is 0 Å². The van der Waals surface area contributed by atoms with E-state index in [9.17, 15) is 22.8 Å². The predicted molar refractivity (Wildman–Crippen MR) is 129 cm³/mol. The first kappa shape index (κ1) is 23.3. The van der Waals surface area contributed by atoms with Crippen molar-refractivity contribution in [1.29, 1.82) is 0 Å². The fraction of sp³-hybridized carbons (Fsp3) is 0.154. The zero-order valence-electron chi connectivity index (χ0n) is 18.9. The molecule has 0 atom stereocenters. The quantitative estimate of drug-likeness (QED) is 0.385. The number of carbonyl (C=O) groups excluding carboxylic acids is 1. The minimum absolute atomic E-state index is 0.114. The molecule has 2 heterocycles. The van der Waals surface area contributed by atoms with Gasteiger partial charge in [-0.15, -0.1) is 0 Å². The van der Waals surface area contributed by atoms with Gasteiger partial charge in [0.15, 0.2) is 5.65 Å². The molecular weight excluding hydrogens is 471 g/mol. The fourth-order valence-electron chi connectivity index (χ4n) is 4.08. The summed E-state index contributed by atoms with van der Waals surface area (Å²) in [6, 6.07) is 17.9. The lowest BCUT2D eigenvalue weighted by Crippen LogP contribution is -2.28. The van der Waals surface area contributed by atoms with Crippen LogP contribution in [0.25, 0.3) is 21.8 Å². The summed E-state index contributed by atoms with van der Waals surface area (Å²) in [6.07, 6.45) is -1.54. The number of amides is 1. The molecule has 0 unspecified atom stereocenters. The highest BCUT2D eigenvalue weighted by Gasteiger charge is 2.30. The highest BCUT2D eigenvalue weighted by atomic mass is 19.4. The molecule has 10 heteroatoms. The number of fused-ring (bicyclic) bond motifs is 2. The molecule has 0 saturated heterocycles. The van der Waals surface area contributed by atoms with E-state index in [1.807, 2.05) is 42.5 Å². The summed E-state index contributed by atoms with van der Waals surface area (Å²) < 4.78 is 41.1. The summed E-state index contributed by atoms with van der Waals surface area (Å²) in [5.41, 5.74) is 0.447. The second-order valence-electron chi connectivity index (χ2n) is 8.25. The predicted octanol–water partition coefficient (Wildman–Crippen LogP) is 4.24. The van der Waals surface area contributed by atoms with Gasteiger partial charge in [-0.25, -0.2) is 9.67 Å². The van der Waals surface area contributed by atoms with Gasteiger partial charge >= 0.3 is 6.18 Å². The summed E-state index contributed by atoms with van der Waals surface area (Å²) in [4.78, 5) is 29.8. The van der Waals surface area contributed by atoms with E-state index in [2.05, 4.69) is 15.4 Å². The van der Waals surface area contributed by atoms with E-state index in [1.54, 1.807) is 0 Å². The second kappa shape index (κ2) is 9.29. The van der Waals surface area contributed by atoms with Crippen LogP contribution in [-0.4, -0.2) is 31.8 Å². The Kier molecular flexibility index (Phi) is 6.01. The molecule has 0 saturated carbocycles. The molecule has 2 aromatic heterocycles. The van der Waals surface area contributed by atoms with Gasteiger partial charge in [0.1, 0.15) is 11.7 Å². The Hall–Kier alpha value is -4.47. The van der Waals surface area contributed by atoms with Crippen molar-refractivity contribution in [1.82, 2.24) is 24.6 Å². The molecule has 7 nitrogen and oxygen atoms in total. The average Bonchev–Trinajstić information content (AvgIpc) is 3.29. The maximum Gasteiger partial charge on any atom is 0.416 e. The number of nitrogens with one attached hydrogen (secondary N) is 1. The molecule has 0 aliphatic heterocycles. The summed E-state index contributed by atoms with van der Waals surface area (Å²) in [7, 11) is 0. The van der Waals surface area contributed by atoms with Crippen LogP contribution in [0, 0.1) is 0 Å². The monoisotopic (exact) mass is 491 g/mol. The topological polar surface area (TPSA) is 81.8 Å². The molecule has 0 bridgehead atoms. The molecule has 3 aromatic carbocycles. The van der Waals surface area contributed by atoms with Crippen LogP contribution in [0.3, 0.4) is 0 Å². The summed E-state index contributed by atoms with van der Waals surface area (Å²) >= 11 is 0. The first-order valence-corrected chi connectivity index (χ1v) is 11.1. The highest BCUT2D eigenvalue weighted by Crippen LogP contribution is 2.29. The molecule has 0 spiro atoms. The largest absolute Gasteiger partial charge is 0.416 e. The lowest BCUT2D eigenvalue weighted by molar-refractivity contribution is -0.137. The lowest BCUT2D eigenvalue weighted by atomic mass is 10.0. The molecular formula is C26H20F3N5O2. The third-order valence-electron chi connectivity index (χ3n) is 5.93. The van der Waals surface area contributed by atoms with Crippen LogP contribution in [-0.2, 0) is 19.3 Å². The molecule has 1 N–H and O–H groups in total. The number of alkyl halides is 3. The highest BCUT2D eigenvalue weighted by molar-refractivity contribution is 5.94. The minimum atomic E-state index is -4.46. The summed E-state index contributed by atoms with van der Waals surface area (Å²) in [5, 5.41) is 9.37. The van der Waals surface area contributed by atoms with Gasteiger partial charge in [-0.05, 0) is 40.6 Å². The Bertz CT molecular complexity index is 1620. The maximum absolute atomic E-state index is 13.1. The van der Waals surface area contributed by atoms with Gasteiger partial charge in [-0.2, -0.15) is 18.3 Å². The number of rotatable bonds is 6. The Morgan fingerprint density at radius 3 is 2.47 bits per heavy atom. The molecule has 5 aromatic rings. The van der Waals surface area contributed by atoms with Crippen LogP contribution < -0.4 is 10.9 Å². The van der Waals surface area contributed by atoms with Gasteiger partial charge in [0, 0.05) is 12.1 Å². The van der Waals surface area contributed by atoms with Crippen molar-refractivity contribution in [2.24, 2.45) is 0 Å². The number of carbonyl (C=O) groups is 1. The van der Waals surface area contributed by atoms with Gasteiger partial charge in [0.2, 0.25) is 0 Å². The van der Waals surface area contributed by atoms with Gasteiger partial charge in [-0.1, -0.05) is 42.5 Å². The average molecular weight is 491 g/mol. The van der Waals surface area contributed by atoms with Crippen molar-refractivity contribution in [2.75, 3.05) is 6.54 Å². The Balaban J connectivity index is 1.28. The van der Waals surface area contributed by atoms with E-state index in [0.717, 1.165) is 40.6 Å². The molecule has 5 rings (SSSR count). The van der Waals surface area contributed by atoms with Crippen molar-refractivity contribution in [3.05, 3.63) is 106 Å². The molecule has 0 aliphatic carbocycles. The van der Waals surface area contributed by atoms with Gasteiger partial charge in [0.05, 0.1) is 24.8 Å². The molecule has 0 fully saturated rings. The lowest BCUT2D eigenvalue weighted by Gasteiger charge is -2.10. The van der Waals surface area contributed by atoms with Gasteiger partial charge < -0.3 is 5.32 Å². The maximum atomic E-state index is 13.1. The fourth-order valence-corrected chi connectivity index (χ4v) is 4.08. The molecule has 0 aliphatic rings. The van der Waals surface area contributed by atoms with E-state index in [-0.39, 0.29) is 24.2 Å². The standard InChI is InChI=1S/C26H20F3N5O2/c27-26(28,29)20-10-8-18(9-11-20)24(35)30-12-13-34-23-22(14-32-34)25(36)33(16-31-23)15-19-6-3-5-17-4-1-2-7-21(17)19/h1-11,14,16H,12-13,15H2,(H,30,35). The Morgan fingerprint density at radius 1 is 0.944 bits per heavy atom. The number of hydrogen-bond donors (Lipinski definition) is 1. The van der Waals surface area contributed by atoms with E-state index in [0.29, 0.717) is 17.6 Å². The number of halogens is 3. The molecule has 0 radical (unpaired) electrons. The van der Waals surface area contributed by atoms with E-state index < -0.39 is 17.6 Å². The van der Waals surface area contributed by atoms with Crippen LogP contribution in [0.5, 0.6) is 0 Å². The van der Waals surface area contributed by atoms with Crippen molar-refractivity contribution < 1.29 is 18.0 Å². The van der Waals surface area contributed by atoms with Crippen molar-refractivity contribution in [3.63, 3.8) is 0 Å². The Morgan fingerprint density at radius 2 is 1.69 bits per heavy atom. The van der Waals surface area contributed by atoms with Crippen LogP contribution in [0.4, 0.5) is 13.2 Å². The van der Waals surface area contributed by atoms with Crippen molar-refractivity contribution >= 4 is 27.7 Å². The second-order valence-corrected chi connectivity index (χ2v) is 8.25. The van der Waals surface area contributed by atoms with Crippen LogP contribution in [0.2, 0.25) is 0 Å². The number of nitrogens with zero attached hydrogens (tertiary/aromatic N) is 4.